The number of nitrogens with one attached hydrogen (secondary N) is 1. The van der Waals surface area contributed by atoms with Crippen molar-refractivity contribution < 1.29 is 4.39 Å². The van der Waals surface area contributed by atoms with Gasteiger partial charge in [0.15, 0.2) is 0 Å². The van der Waals surface area contributed by atoms with E-state index < -0.39 is 0 Å². The van der Waals surface area contributed by atoms with E-state index in [1.165, 1.54) is 6.07 Å². The third kappa shape index (κ3) is 0.852. The second-order valence-electron chi connectivity index (χ2n) is 2.44. The number of rotatable bonds is 0. The summed E-state index contributed by atoms with van der Waals surface area (Å²) in [5.41, 5.74) is 6.60. The second kappa shape index (κ2) is 1.99. The lowest BCUT2D eigenvalue weighted by molar-refractivity contribution is 0.640. The maximum atomic E-state index is 13.0. The fraction of sp³-hybridized carbons (Fsp3) is 0. The monoisotopic (exact) mass is 150 g/mol. The number of fused-ring (bicyclic) bond motifs is 1. The van der Waals surface area contributed by atoms with E-state index >= 15 is 0 Å². The molecule has 0 fully saturated rings. The lowest BCUT2D eigenvalue weighted by Crippen LogP contribution is -1.86. The Morgan fingerprint density at radius 3 is 3.00 bits per heavy atom. The number of H-pyrrole nitrogens is 1. The molecule has 0 aliphatic carbocycles. The lowest BCUT2D eigenvalue weighted by atomic mass is 10.2. The second-order valence-corrected chi connectivity index (χ2v) is 2.44. The molecule has 0 aliphatic rings. The summed E-state index contributed by atoms with van der Waals surface area (Å²) in [6.45, 7) is 0. The first-order valence-corrected chi connectivity index (χ1v) is 3.29. The lowest BCUT2D eigenvalue weighted by Gasteiger charge is -1.94. The average Bonchev–Trinajstić information content (AvgIpc) is 2.34. The third-order valence-electron chi connectivity index (χ3n) is 1.64. The quantitative estimate of drug-likeness (QED) is 0.553. The zero-order valence-corrected chi connectivity index (χ0v) is 5.76. The molecule has 0 saturated heterocycles. The fourth-order valence-corrected chi connectivity index (χ4v) is 1.14. The highest BCUT2D eigenvalue weighted by Gasteiger charge is 2.01. The Morgan fingerprint density at radius 2 is 2.18 bits per heavy atom. The van der Waals surface area contributed by atoms with Crippen LogP contribution in [0.5, 0.6) is 0 Å². The first-order chi connectivity index (χ1) is 5.27. The van der Waals surface area contributed by atoms with Gasteiger partial charge in [0.25, 0.3) is 0 Å². The van der Waals surface area contributed by atoms with Crippen LogP contribution in [0.3, 0.4) is 0 Å². The van der Waals surface area contributed by atoms with Gasteiger partial charge in [-0.15, -0.1) is 0 Å². The van der Waals surface area contributed by atoms with Gasteiger partial charge in [0.05, 0.1) is 5.52 Å². The maximum Gasteiger partial charge on any atom is 0.134 e. The van der Waals surface area contributed by atoms with Crippen molar-refractivity contribution in [2.75, 3.05) is 5.73 Å². The van der Waals surface area contributed by atoms with Crippen molar-refractivity contribution in [1.29, 1.82) is 0 Å². The molecule has 2 rings (SSSR count). The van der Waals surface area contributed by atoms with E-state index in [9.17, 15) is 4.39 Å². The number of hydrogen-bond donors (Lipinski definition) is 2. The van der Waals surface area contributed by atoms with Crippen LogP contribution in [0.25, 0.3) is 10.9 Å². The molecule has 0 spiro atoms. The zero-order valence-electron chi connectivity index (χ0n) is 5.76. The number of hydrogen-bond acceptors (Lipinski definition) is 1. The van der Waals surface area contributed by atoms with Crippen LogP contribution in [0.4, 0.5) is 10.1 Å². The molecule has 0 aliphatic heterocycles. The van der Waals surface area contributed by atoms with E-state index in [2.05, 4.69) is 4.98 Å². The summed E-state index contributed by atoms with van der Waals surface area (Å²) in [6.07, 6.45) is 1.69. The summed E-state index contributed by atoms with van der Waals surface area (Å²) in [4.78, 5) is 2.88. The van der Waals surface area contributed by atoms with E-state index in [1.807, 2.05) is 0 Å². The van der Waals surface area contributed by atoms with Crippen molar-refractivity contribution in [3.8, 4) is 0 Å². The van der Waals surface area contributed by atoms with Gasteiger partial charge in [-0.05, 0) is 18.2 Å². The number of benzene rings is 1. The summed E-state index contributed by atoms with van der Waals surface area (Å²) in [6, 6.07) is 4.71. The van der Waals surface area contributed by atoms with Gasteiger partial charge in [0, 0.05) is 17.3 Å². The minimum Gasteiger partial charge on any atom is -0.399 e. The van der Waals surface area contributed by atoms with Crippen LogP contribution in [-0.2, 0) is 0 Å². The zero-order chi connectivity index (χ0) is 7.84. The molecule has 0 saturated carbocycles. The highest BCUT2D eigenvalue weighted by atomic mass is 19.1. The van der Waals surface area contributed by atoms with Gasteiger partial charge < -0.3 is 10.7 Å². The fourth-order valence-electron chi connectivity index (χ4n) is 1.14. The predicted molar refractivity (Wildman–Crippen MR) is 42.7 cm³/mol. The molecule has 1 heterocycles. The van der Waals surface area contributed by atoms with E-state index in [-0.39, 0.29) is 5.82 Å². The van der Waals surface area contributed by atoms with Crippen LogP contribution in [0.15, 0.2) is 24.4 Å². The molecule has 0 radical (unpaired) electrons. The number of aromatic amines is 1. The smallest absolute Gasteiger partial charge is 0.134 e. The Hall–Kier alpha value is -1.51. The van der Waals surface area contributed by atoms with Gasteiger partial charge in [0.1, 0.15) is 5.82 Å². The molecule has 0 amide bonds. The summed E-state index contributed by atoms with van der Waals surface area (Å²) in [5, 5.41) is 0.583. The largest absolute Gasteiger partial charge is 0.399 e. The summed E-state index contributed by atoms with van der Waals surface area (Å²) >= 11 is 0. The normalized spacial score (nSPS) is 10.6. The maximum absolute atomic E-state index is 13.0. The van der Waals surface area contributed by atoms with Crippen molar-refractivity contribution >= 4 is 16.6 Å². The van der Waals surface area contributed by atoms with Crippen LogP contribution in [0.2, 0.25) is 0 Å². The molecule has 0 bridgehead atoms. The molecule has 2 nitrogen and oxygen atoms in total. The molecular weight excluding hydrogens is 143 g/mol. The van der Waals surface area contributed by atoms with Crippen molar-refractivity contribution in [3.63, 3.8) is 0 Å². The average molecular weight is 150 g/mol. The number of nitrogen functional groups attached to an aromatic ring is 1. The molecule has 0 atom stereocenters. The predicted octanol–water partition coefficient (Wildman–Crippen LogP) is 1.89. The van der Waals surface area contributed by atoms with Crippen LogP contribution in [-0.4, -0.2) is 4.98 Å². The first kappa shape index (κ1) is 6.22. The van der Waals surface area contributed by atoms with Crippen molar-refractivity contribution in [3.05, 3.63) is 30.2 Å². The molecular formula is C8H7FN2. The van der Waals surface area contributed by atoms with Gasteiger partial charge >= 0.3 is 0 Å². The molecule has 3 heteroatoms. The first-order valence-electron chi connectivity index (χ1n) is 3.29. The van der Waals surface area contributed by atoms with E-state index in [0.717, 1.165) is 5.52 Å². The van der Waals surface area contributed by atoms with Gasteiger partial charge in [-0.3, -0.25) is 0 Å². The van der Waals surface area contributed by atoms with Gasteiger partial charge in [-0.25, -0.2) is 4.39 Å². The Kier molecular flexibility index (Phi) is 1.12. The Morgan fingerprint density at radius 1 is 1.36 bits per heavy atom. The Labute approximate surface area is 62.8 Å². The number of anilines is 1. The van der Waals surface area contributed by atoms with Crippen molar-refractivity contribution in [2.45, 2.75) is 0 Å². The minimum atomic E-state index is -0.277. The molecule has 1 aromatic carbocycles. The molecule has 1 aromatic heterocycles. The van der Waals surface area contributed by atoms with Crippen LogP contribution in [0, 0.1) is 5.82 Å². The highest BCUT2D eigenvalue weighted by Crippen LogP contribution is 2.19. The molecule has 0 unspecified atom stereocenters. The number of aromatic nitrogens is 1. The van der Waals surface area contributed by atoms with Crippen molar-refractivity contribution in [1.82, 2.24) is 4.98 Å². The summed E-state index contributed by atoms with van der Waals surface area (Å²) < 4.78 is 13.0. The van der Waals surface area contributed by atoms with Gasteiger partial charge in [0.2, 0.25) is 0 Å². The Balaban J connectivity index is 2.91. The number of halogens is 1. The van der Waals surface area contributed by atoms with E-state index in [0.29, 0.717) is 11.1 Å². The van der Waals surface area contributed by atoms with E-state index in [1.54, 1.807) is 18.3 Å². The highest BCUT2D eigenvalue weighted by molar-refractivity contribution is 5.82. The molecule has 11 heavy (non-hydrogen) atoms. The summed E-state index contributed by atoms with van der Waals surface area (Å²) in [5.74, 6) is -0.277. The topological polar surface area (TPSA) is 41.8 Å². The third-order valence-corrected chi connectivity index (χ3v) is 1.64. The van der Waals surface area contributed by atoms with Crippen LogP contribution < -0.4 is 5.73 Å². The standard InChI is InChI=1S/C8H7FN2/c9-7-3-5(10)4-8-6(7)1-2-11-8/h1-4,11H,10H2. The molecule has 56 valence electrons. The van der Waals surface area contributed by atoms with Gasteiger partial charge in [-0.2, -0.15) is 0 Å². The Bertz CT molecular complexity index is 392. The van der Waals surface area contributed by atoms with E-state index in [4.69, 9.17) is 5.73 Å². The van der Waals surface area contributed by atoms with Crippen LogP contribution in [0.1, 0.15) is 0 Å². The molecule has 2 aromatic rings. The van der Waals surface area contributed by atoms with Crippen LogP contribution >= 0.6 is 0 Å². The van der Waals surface area contributed by atoms with Crippen molar-refractivity contribution in [2.24, 2.45) is 0 Å². The SMILES string of the molecule is Nc1cc(F)c2cc[nH]c2c1. The minimum absolute atomic E-state index is 0.277. The van der Waals surface area contributed by atoms with Gasteiger partial charge in [-0.1, -0.05) is 0 Å². The summed E-state index contributed by atoms with van der Waals surface area (Å²) in [7, 11) is 0. The molecule has 3 N–H and O–H groups in total. The number of nitrogens with two attached hydrogens (primary N) is 1.